The van der Waals surface area contributed by atoms with Crippen LogP contribution in [0.3, 0.4) is 0 Å². The lowest BCUT2D eigenvalue weighted by Crippen LogP contribution is -2.17. The Balaban J connectivity index is 2.11. The first-order chi connectivity index (χ1) is 12.2. The maximum absolute atomic E-state index is 14.1. The van der Waals surface area contributed by atoms with Crippen LogP contribution >= 0.6 is 7.14 Å². The zero-order valence-corrected chi connectivity index (χ0v) is 14.6. The third-order valence-electron chi connectivity index (χ3n) is 4.13. The summed E-state index contributed by atoms with van der Waals surface area (Å²) in [5, 5.41) is 10.5. The molecule has 0 bridgehead atoms. The number of rotatable bonds is 5. The van der Waals surface area contributed by atoms with Gasteiger partial charge >= 0.3 is 0 Å². The second-order valence-electron chi connectivity index (χ2n) is 5.73. The average Bonchev–Trinajstić information content (AvgIpc) is 2.68. The lowest BCUT2D eigenvalue weighted by Gasteiger charge is -2.20. The summed E-state index contributed by atoms with van der Waals surface area (Å²) in [7, 11) is -2.82. The molecule has 0 radical (unpaired) electrons. The minimum absolute atomic E-state index is 0.424. The summed E-state index contributed by atoms with van der Waals surface area (Å²) in [5.74, 6) is 0. The maximum Gasteiger partial charge on any atom is 0.147 e. The monoisotopic (exact) mass is 343 g/mol. The van der Waals surface area contributed by atoms with Crippen LogP contribution in [0.1, 0.15) is 11.1 Å². The molecule has 3 heteroatoms. The molecule has 0 spiro atoms. The first kappa shape index (κ1) is 17.0. The zero-order chi connectivity index (χ0) is 17.5. The van der Waals surface area contributed by atoms with E-state index < -0.39 is 7.14 Å². The molecule has 0 amide bonds. The van der Waals surface area contributed by atoms with Crippen LogP contribution in [0.4, 0.5) is 0 Å². The van der Waals surface area contributed by atoms with Gasteiger partial charge in [-0.2, -0.15) is 5.26 Å². The van der Waals surface area contributed by atoms with Gasteiger partial charge < -0.3 is 4.57 Å². The Labute approximate surface area is 148 Å². The van der Waals surface area contributed by atoms with Gasteiger partial charge in [0.05, 0.1) is 6.07 Å². The minimum atomic E-state index is -2.82. The number of allylic oxidation sites excluding steroid dienone is 1. The Hall–Kier alpha value is -2.88. The number of hydrogen-bond acceptors (Lipinski definition) is 2. The van der Waals surface area contributed by atoms with Gasteiger partial charge in [0.1, 0.15) is 7.14 Å². The second kappa shape index (κ2) is 7.79. The lowest BCUT2D eigenvalue weighted by molar-refractivity contribution is 0.586. The molecule has 3 rings (SSSR count). The Bertz CT molecular complexity index is 913. The molecule has 0 atom stereocenters. The van der Waals surface area contributed by atoms with Crippen LogP contribution in [-0.4, -0.2) is 0 Å². The third kappa shape index (κ3) is 3.79. The first-order valence-corrected chi connectivity index (χ1v) is 9.97. The van der Waals surface area contributed by atoms with Crippen LogP contribution in [0.5, 0.6) is 0 Å². The van der Waals surface area contributed by atoms with E-state index in [1.807, 2.05) is 91.0 Å². The third-order valence-corrected chi connectivity index (χ3v) is 7.18. The summed E-state index contributed by atoms with van der Waals surface area (Å²) < 4.78 is 14.1. The molecule has 3 aromatic carbocycles. The summed E-state index contributed by atoms with van der Waals surface area (Å²) >= 11 is 0. The number of benzene rings is 3. The number of nitrogens with zero attached hydrogens (tertiary/aromatic N) is 1. The summed E-state index contributed by atoms with van der Waals surface area (Å²) in [6.07, 6.45) is 3.65. The van der Waals surface area contributed by atoms with Crippen LogP contribution in [0, 0.1) is 11.3 Å². The van der Waals surface area contributed by atoms with E-state index in [9.17, 15) is 4.57 Å². The van der Waals surface area contributed by atoms with Crippen molar-refractivity contribution in [3.05, 3.63) is 102 Å². The van der Waals surface area contributed by atoms with E-state index in [1.165, 1.54) is 6.08 Å². The highest BCUT2D eigenvalue weighted by molar-refractivity contribution is 7.78. The van der Waals surface area contributed by atoms with Crippen molar-refractivity contribution in [2.24, 2.45) is 0 Å². The van der Waals surface area contributed by atoms with Crippen molar-refractivity contribution >= 4 is 23.8 Å². The molecule has 25 heavy (non-hydrogen) atoms. The predicted octanol–water partition coefficient (Wildman–Crippen LogP) is 4.74. The van der Waals surface area contributed by atoms with Crippen LogP contribution < -0.4 is 10.6 Å². The molecule has 3 aromatic rings. The van der Waals surface area contributed by atoms with Crippen molar-refractivity contribution in [1.29, 1.82) is 5.26 Å². The molecule has 0 aliphatic heterocycles. The molecule has 122 valence electrons. The van der Waals surface area contributed by atoms with Gasteiger partial charge in [-0.3, -0.25) is 0 Å². The van der Waals surface area contributed by atoms with Gasteiger partial charge in [-0.05, 0) is 17.2 Å². The smallest absolute Gasteiger partial charge is 0.147 e. The zero-order valence-electron chi connectivity index (χ0n) is 13.7. The standard InChI is InChI=1S/C22H18NOP/c23-17-9-12-19-10-7-8-11-20(19)18-25(24,21-13-3-1-4-14-21)22-15-5-2-6-16-22/h1-16H,18H2/b12-9+. The van der Waals surface area contributed by atoms with Gasteiger partial charge in [0.15, 0.2) is 0 Å². The second-order valence-corrected chi connectivity index (χ2v) is 8.56. The van der Waals surface area contributed by atoms with Crippen LogP contribution in [0.15, 0.2) is 91.0 Å². The molecule has 0 saturated heterocycles. The van der Waals surface area contributed by atoms with Gasteiger partial charge in [0, 0.05) is 22.8 Å². The highest BCUT2D eigenvalue weighted by atomic mass is 31.2. The van der Waals surface area contributed by atoms with E-state index >= 15 is 0 Å². The van der Waals surface area contributed by atoms with Crippen LogP contribution in [0.2, 0.25) is 0 Å². The van der Waals surface area contributed by atoms with E-state index in [2.05, 4.69) is 0 Å². The van der Waals surface area contributed by atoms with Crippen molar-refractivity contribution in [3.63, 3.8) is 0 Å². The van der Waals surface area contributed by atoms with Gasteiger partial charge in [-0.25, -0.2) is 0 Å². The van der Waals surface area contributed by atoms with Gasteiger partial charge in [-0.15, -0.1) is 0 Å². The van der Waals surface area contributed by atoms with Crippen LogP contribution in [-0.2, 0) is 10.7 Å². The van der Waals surface area contributed by atoms with E-state index in [0.717, 1.165) is 21.7 Å². The fourth-order valence-corrected chi connectivity index (χ4v) is 5.62. The van der Waals surface area contributed by atoms with Gasteiger partial charge in [0.25, 0.3) is 0 Å². The van der Waals surface area contributed by atoms with Gasteiger partial charge in [0.2, 0.25) is 0 Å². The Morgan fingerprint density at radius 2 is 1.32 bits per heavy atom. The van der Waals surface area contributed by atoms with E-state index in [0.29, 0.717) is 6.16 Å². The largest absolute Gasteiger partial charge is 0.313 e. The predicted molar refractivity (Wildman–Crippen MR) is 105 cm³/mol. The fraction of sp³-hybridized carbons (Fsp3) is 0.0455. The topological polar surface area (TPSA) is 40.9 Å². The molecule has 0 aliphatic rings. The van der Waals surface area contributed by atoms with Gasteiger partial charge in [-0.1, -0.05) is 84.9 Å². The molecule has 0 aliphatic carbocycles. The molecular weight excluding hydrogens is 325 g/mol. The molecular formula is C22H18NOP. The fourth-order valence-electron chi connectivity index (χ4n) is 2.88. The van der Waals surface area contributed by atoms with E-state index in [4.69, 9.17) is 5.26 Å². The minimum Gasteiger partial charge on any atom is -0.313 e. The molecule has 0 N–H and O–H groups in total. The summed E-state index contributed by atoms with van der Waals surface area (Å²) in [6.45, 7) is 0. The summed E-state index contributed by atoms with van der Waals surface area (Å²) in [4.78, 5) is 0. The molecule has 0 heterocycles. The van der Waals surface area contributed by atoms with E-state index in [-0.39, 0.29) is 0 Å². The summed E-state index contributed by atoms with van der Waals surface area (Å²) in [5.41, 5.74) is 1.90. The molecule has 0 unspecified atom stereocenters. The quantitative estimate of drug-likeness (QED) is 0.496. The first-order valence-electron chi connectivity index (χ1n) is 8.08. The highest BCUT2D eigenvalue weighted by Crippen LogP contribution is 2.47. The van der Waals surface area contributed by atoms with Crippen molar-refractivity contribution in [2.75, 3.05) is 0 Å². The Morgan fingerprint density at radius 1 is 0.800 bits per heavy atom. The molecule has 0 fully saturated rings. The SMILES string of the molecule is N#C/C=C/c1ccccc1CP(=O)(c1ccccc1)c1ccccc1. The molecule has 0 aromatic heterocycles. The Kier molecular flexibility index (Phi) is 5.29. The highest BCUT2D eigenvalue weighted by Gasteiger charge is 2.28. The lowest BCUT2D eigenvalue weighted by atomic mass is 10.1. The van der Waals surface area contributed by atoms with Crippen molar-refractivity contribution < 1.29 is 4.57 Å². The maximum atomic E-state index is 14.1. The summed E-state index contributed by atoms with van der Waals surface area (Å²) in [6, 6.07) is 29.1. The molecule has 2 nitrogen and oxygen atoms in total. The van der Waals surface area contributed by atoms with Crippen molar-refractivity contribution in [3.8, 4) is 6.07 Å². The Morgan fingerprint density at radius 3 is 1.88 bits per heavy atom. The molecule has 0 saturated carbocycles. The number of nitriles is 1. The number of hydrogen-bond donors (Lipinski definition) is 0. The van der Waals surface area contributed by atoms with Crippen LogP contribution in [0.25, 0.3) is 6.08 Å². The normalized spacial score (nSPS) is 11.3. The average molecular weight is 343 g/mol. The van der Waals surface area contributed by atoms with Crippen molar-refractivity contribution in [1.82, 2.24) is 0 Å². The van der Waals surface area contributed by atoms with Crippen molar-refractivity contribution in [2.45, 2.75) is 6.16 Å². The van der Waals surface area contributed by atoms with E-state index in [1.54, 1.807) is 6.08 Å².